The van der Waals surface area contributed by atoms with Crippen LogP contribution in [0.1, 0.15) is 101 Å². The summed E-state index contributed by atoms with van der Waals surface area (Å²) in [4.78, 5) is 0. The van der Waals surface area contributed by atoms with Crippen LogP contribution in [-0.4, -0.2) is 0 Å². The fraction of sp³-hybridized carbons (Fsp3) is 1.00. The molecule has 0 saturated heterocycles. The lowest BCUT2D eigenvalue weighted by atomic mass is 9.56. The third-order valence-electron chi connectivity index (χ3n) is 5.78. The van der Waals surface area contributed by atoms with E-state index in [1.165, 1.54) is 38.5 Å². The predicted octanol–water partition coefficient (Wildman–Crippen LogP) is 7.08. The quantitative estimate of drug-likeness (QED) is 0.444. The molecule has 0 aromatic carbocycles. The second-order valence-corrected chi connectivity index (χ2v) is 11.0. The van der Waals surface area contributed by atoms with Crippen LogP contribution >= 0.6 is 0 Å². The number of hydrogen-bond donors (Lipinski definition) is 0. The van der Waals surface area contributed by atoms with Gasteiger partial charge in [-0.25, -0.2) is 0 Å². The van der Waals surface area contributed by atoms with Gasteiger partial charge >= 0.3 is 0 Å². The van der Waals surface area contributed by atoms with Crippen molar-refractivity contribution in [3.63, 3.8) is 0 Å². The van der Waals surface area contributed by atoms with Crippen molar-refractivity contribution in [3.8, 4) is 0 Å². The topological polar surface area (TPSA) is 0 Å². The van der Waals surface area contributed by atoms with Crippen LogP contribution in [-0.2, 0) is 0 Å². The van der Waals surface area contributed by atoms with Crippen molar-refractivity contribution >= 4 is 0 Å². The fourth-order valence-corrected chi connectivity index (χ4v) is 3.49. The third kappa shape index (κ3) is 5.78. The molecule has 2 fully saturated rings. The largest absolute Gasteiger partial charge is 0.0599 e. The minimum atomic E-state index is 0.551. The van der Waals surface area contributed by atoms with Gasteiger partial charge in [0, 0.05) is 0 Å². The van der Waals surface area contributed by atoms with Gasteiger partial charge in [0.05, 0.1) is 0 Å². The molecule has 0 atom stereocenters. The molecule has 0 nitrogen and oxygen atoms in total. The molecule has 2 rings (SSSR count). The average Bonchev–Trinajstić information content (AvgIpc) is 2.20. The molecule has 0 radical (unpaired) electrons. The first-order valence-corrected chi connectivity index (χ1v) is 8.73. The van der Waals surface area contributed by atoms with Crippen molar-refractivity contribution in [3.05, 3.63) is 0 Å². The van der Waals surface area contributed by atoms with Crippen LogP contribution in [0.4, 0.5) is 0 Å². The zero-order valence-corrected chi connectivity index (χ0v) is 15.8. The lowest BCUT2D eigenvalue weighted by Gasteiger charge is -2.49. The number of hydrogen-bond acceptors (Lipinski definition) is 0. The Bertz CT molecular complexity index is 271. The van der Waals surface area contributed by atoms with Crippen molar-refractivity contribution < 1.29 is 0 Å². The van der Waals surface area contributed by atoms with Gasteiger partial charge < -0.3 is 0 Å². The summed E-state index contributed by atoms with van der Waals surface area (Å²) >= 11 is 0. The Balaban J connectivity index is 0.000000200. The van der Waals surface area contributed by atoms with Crippen LogP contribution in [0.15, 0.2) is 0 Å². The summed E-state index contributed by atoms with van der Waals surface area (Å²) in [6.07, 6.45) is 8.52. The van der Waals surface area contributed by atoms with E-state index < -0.39 is 0 Å². The maximum Gasteiger partial charge on any atom is -0.0349 e. The minimum absolute atomic E-state index is 0.551. The SMILES string of the molecule is CC1(C)CC(C(C)(C)C)C1.CC1(C)CCC(C)(C)CC1. The van der Waals surface area contributed by atoms with Gasteiger partial charge in [0.1, 0.15) is 0 Å². The smallest absolute Gasteiger partial charge is 0.0349 e. The molecule has 2 aliphatic rings. The van der Waals surface area contributed by atoms with Crippen molar-refractivity contribution in [2.45, 2.75) is 101 Å². The second-order valence-electron chi connectivity index (χ2n) is 11.0. The Hall–Kier alpha value is 0. The van der Waals surface area contributed by atoms with Crippen molar-refractivity contribution in [2.24, 2.45) is 27.6 Å². The lowest BCUT2D eigenvalue weighted by molar-refractivity contribution is 0.0147. The lowest BCUT2D eigenvalue weighted by Crippen LogP contribution is -2.39. The summed E-state index contributed by atoms with van der Waals surface area (Å²) < 4.78 is 0. The van der Waals surface area contributed by atoms with E-state index in [0.29, 0.717) is 21.7 Å². The van der Waals surface area contributed by atoms with Gasteiger partial charge in [-0.3, -0.25) is 0 Å². The van der Waals surface area contributed by atoms with Gasteiger partial charge in [-0.05, 0) is 66.1 Å². The first-order valence-electron chi connectivity index (χ1n) is 8.73. The molecule has 2 aliphatic carbocycles. The molecule has 2 saturated carbocycles. The van der Waals surface area contributed by atoms with Gasteiger partial charge in [0.2, 0.25) is 0 Å². The maximum absolute atomic E-state index is 2.39. The third-order valence-corrected chi connectivity index (χ3v) is 5.78. The van der Waals surface area contributed by atoms with Crippen molar-refractivity contribution in [2.75, 3.05) is 0 Å². The molecular weight excluding hydrogens is 240 g/mol. The minimum Gasteiger partial charge on any atom is -0.0599 e. The van der Waals surface area contributed by atoms with Crippen LogP contribution in [0.3, 0.4) is 0 Å². The molecular formula is C20H40. The Labute approximate surface area is 129 Å². The highest BCUT2D eigenvalue weighted by atomic mass is 14.5. The fourth-order valence-electron chi connectivity index (χ4n) is 3.49. The first-order chi connectivity index (χ1) is 8.73. The molecule has 0 heteroatoms. The van der Waals surface area contributed by atoms with Crippen molar-refractivity contribution in [1.29, 1.82) is 0 Å². The van der Waals surface area contributed by atoms with E-state index in [4.69, 9.17) is 0 Å². The summed E-state index contributed by atoms with van der Waals surface area (Å²) in [6, 6.07) is 0. The van der Waals surface area contributed by atoms with Crippen LogP contribution in [0.5, 0.6) is 0 Å². The summed E-state index contributed by atoms with van der Waals surface area (Å²) in [5.74, 6) is 0.975. The summed E-state index contributed by atoms with van der Waals surface area (Å²) in [5, 5.41) is 0. The van der Waals surface area contributed by atoms with Gasteiger partial charge in [-0.1, -0.05) is 62.3 Å². The normalized spacial score (nSPS) is 28.1. The van der Waals surface area contributed by atoms with E-state index >= 15 is 0 Å². The molecule has 20 heavy (non-hydrogen) atoms. The van der Waals surface area contributed by atoms with Crippen LogP contribution < -0.4 is 0 Å². The molecule has 120 valence electrons. The molecule has 0 bridgehead atoms. The first kappa shape index (κ1) is 18.1. The molecule has 0 aliphatic heterocycles. The zero-order chi connectivity index (χ0) is 15.8. The highest BCUT2D eigenvalue weighted by Crippen LogP contribution is 2.52. The molecule has 0 spiro atoms. The van der Waals surface area contributed by atoms with E-state index in [-0.39, 0.29) is 0 Å². The Kier molecular flexibility index (Phi) is 5.10. The average molecular weight is 281 g/mol. The zero-order valence-electron chi connectivity index (χ0n) is 15.8. The Morgan fingerprint density at radius 1 is 0.600 bits per heavy atom. The van der Waals surface area contributed by atoms with E-state index in [0.717, 1.165) is 5.92 Å². The summed E-state index contributed by atoms with van der Waals surface area (Å²) in [7, 11) is 0. The van der Waals surface area contributed by atoms with Crippen molar-refractivity contribution in [1.82, 2.24) is 0 Å². The van der Waals surface area contributed by atoms with Gasteiger partial charge in [-0.15, -0.1) is 0 Å². The molecule has 0 aromatic rings. The molecule has 0 amide bonds. The standard InChI is InChI=1S/2C10H20/c1-9(2,3)8-6-10(4,5)7-8;1-9(2)5-7-10(3,4)8-6-9/h8H,6-7H2,1-5H3;5-8H2,1-4H3. The number of rotatable bonds is 0. The predicted molar refractivity (Wildman–Crippen MR) is 92.0 cm³/mol. The Morgan fingerprint density at radius 2 is 0.900 bits per heavy atom. The highest BCUT2D eigenvalue weighted by molar-refractivity contribution is 4.92. The van der Waals surface area contributed by atoms with Crippen LogP contribution in [0, 0.1) is 27.6 Å². The van der Waals surface area contributed by atoms with E-state index in [1.807, 2.05) is 0 Å². The monoisotopic (exact) mass is 280 g/mol. The van der Waals surface area contributed by atoms with Gasteiger partial charge in [0.15, 0.2) is 0 Å². The molecule has 0 aromatic heterocycles. The van der Waals surface area contributed by atoms with Gasteiger partial charge in [-0.2, -0.15) is 0 Å². The Morgan fingerprint density at radius 3 is 1.05 bits per heavy atom. The second kappa shape index (κ2) is 5.65. The maximum atomic E-state index is 2.39. The van der Waals surface area contributed by atoms with Crippen LogP contribution in [0.25, 0.3) is 0 Å². The molecule has 0 unspecified atom stereocenters. The summed E-state index contributed by atoms with van der Waals surface area (Å²) in [5.41, 5.74) is 2.47. The molecule has 0 N–H and O–H groups in total. The van der Waals surface area contributed by atoms with Crippen LogP contribution in [0.2, 0.25) is 0 Å². The van der Waals surface area contributed by atoms with E-state index in [1.54, 1.807) is 0 Å². The van der Waals surface area contributed by atoms with Gasteiger partial charge in [0.25, 0.3) is 0 Å². The van der Waals surface area contributed by atoms with E-state index in [9.17, 15) is 0 Å². The highest BCUT2D eigenvalue weighted by Gasteiger charge is 2.41. The molecule has 0 heterocycles. The van der Waals surface area contributed by atoms with E-state index in [2.05, 4.69) is 62.3 Å². The summed E-state index contributed by atoms with van der Waals surface area (Å²) in [6.45, 7) is 21.4.